The molecule has 0 fully saturated rings. The van der Waals surface area contributed by atoms with Gasteiger partial charge in [0.2, 0.25) is 5.88 Å². The Morgan fingerprint density at radius 2 is 1.77 bits per heavy atom. The summed E-state index contributed by atoms with van der Waals surface area (Å²) in [4.78, 5) is 42.7. The fourth-order valence-electron chi connectivity index (χ4n) is 2.98. The molecule has 0 spiro atoms. The summed E-state index contributed by atoms with van der Waals surface area (Å²) < 4.78 is 1.81. The SMILES string of the molecule is Cc1ccc(NC(=O)N=Cc2c(O)n(-c3cc(C)c(Br)cc3C)c(=O)[nH]c2=O)cc1C. The Bertz CT molecular complexity index is 1340. The molecule has 0 saturated carbocycles. The van der Waals surface area contributed by atoms with Crippen LogP contribution in [0, 0.1) is 27.7 Å². The molecular weight excluding hydrogens is 464 g/mol. The lowest BCUT2D eigenvalue weighted by Gasteiger charge is -2.14. The molecule has 160 valence electrons. The van der Waals surface area contributed by atoms with E-state index in [9.17, 15) is 19.5 Å². The first-order chi connectivity index (χ1) is 14.6. The monoisotopic (exact) mass is 484 g/mol. The van der Waals surface area contributed by atoms with Gasteiger partial charge in [-0.05, 0) is 74.2 Å². The molecule has 0 aliphatic heterocycles. The summed E-state index contributed by atoms with van der Waals surface area (Å²) in [5.41, 5.74) is 2.59. The van der Waals surface area contributed by atoms with Crippen LogP contribution in [-0.4, -0.2) is 26.9 Å². The molecule has 0 saturated heterocycles. The number of amides is 2. The number of nitrogens with one attached hydrogen (secondary N) is 2. The van der Waals surface area contributed by atoms with Gasteiger partial charge >= 0.3 is 11.7 Å². The third-order valence-electron chi connectivity index (χ3n) is 4.91. The van der Waals surface area contributed by atoms with Crippen LogP contribution in [0.3, 0.4) is 0 Å². The molecular formula is C22H21BrN4O4. The van der Waals surface area contributed by atoms with Crippen molar-refractivity contribution in [1.82, 2.24) is 9.55 Å². The van der Waals surface area contributed by atoms with E-state index in [0.717, 1.165) is 31.9 Å². The highest BCUT2D eigenvalue weighted by atomic mass is 79.9. The third-order valence-corrected chi connectivity index (χ3v) is 5.76. The first-order valence-electron chi connectivity index (χ1n) is 9.36. The van der Waals surface area contributed by atoms with Gasteiger partial charge in [-0.15, -0.1) is 0 Å². The van der Waals surface area contributed by atoms with E-state index < -0.39 is 23.2 Å². The Morgan fingerprint density at radius 3 is 2.45 bits per heavy atom. The van der Waals surface area contributed by atoms with Crippen LogP contribution in [0.25, 0.3) is 5.69 Å². The summed E-state index contributed by atoms with van der Waals surface area (Å²) in [6, 6.07) is 8.17. The Morgan fingerprint density at radius 1 is 1.06 bits per heavy atom. The molecule has 31 heavy (non-hydrogen) atoms. The minimum absolute atomic E-state index is 0.310. The van der Waals surface area contributed by atoms with E-state index in [1.54, 1.807) is 31.2 Å². The van der Waals surface area contributed by atoms with E-state index in [0.29, 0.717) is 16.9 Å². The molecule has 0 aliphatic rings. The predicted molar refractivity (Wildman–Crippen MR) is 124 cm³/mol. The van der Waals surface area contributed by atoms with Gasteiger partial charge in [0, 0.05) is 10.2 Å². The maximum absolute atomic E-state index is 12.4. The second-order valence-corrected chi connectivity index (χ2v) is 8.06. The first-order valence-corrected chi connectivity index (χ1v) is 10.2. The van der Waals surface area contributed by atoms with Crippen molar-refractivity contribution in [2.75, 3.05) is 5.32 Å². The number of urea groups is 1. The lowest BCUT2D eigenvalue weighted by atomic mass is 10.1. The second kappa shape index (κ2) is 8.73. The second-order valence-electron chi connectivity index (χ2n) is 7.21. The normalized spacial score (nSPS) is 11.1. The van der Waals surface area contributed by atoms with Gasteiger partial charge in [0.1, 0.15) is 5.56 Å². The number of anilines is 1. The van der Waals surface area contributed by atoms with Crippen LogP contribution in [0.2, 0.25) is 0 Å². The molecule has 0 atom stereocenters. The molecule has 1 heterocycles. The number of nitrogens with zero attached hydrogens (tertiary/aromatic N) is 2. The molecule has 0 aliphatic carbocycles. The predicted octanol–water partition coefficient (Wildman–Crippen LogP) is 3.88. The molecule has 3 rings (SSSR count). The number of hydrogen-bond acceptors (Lipinski definition) is 4. The lowest BCUT2D eigenvalue weighted by Crippen LogP contribution is -2.31. The summed E-state index contributed by atoms with van der Waals surface area (Å²) in [6.07, 6.45) is 0.932. The third kappa shape index (κ3) is 4.66. The van der Waals surface area contributed by atoms with E-state index in [1.165, 1.54) is 0 Å². The molecule has 0 bridgehead atoms. The zero-order valence-corrected chi connectivity index (χ0v) is 19.0. The molecule has 3 aromatic rings. The first kappa shape index (κ1) is 22.2. The van der Waals surface area contributed by atoms with Gasteiger partial charge in [-0.3, -0.25) is 9.78 Å². The van der Waals surface area contributed by atoms with Crippen molar-refractivity contribution < 1.29 is 9.90 Å². The van der Waals surface area contributed by atoms with Crippen LogP contribution in [0.4, 0.5) is 10.5 Å². The largest absolute Gasteiger partial charge is 0.493 e. The fraction of sp³-hybridized carbons (Fsp3) is 0.182. The molecule has 2 amide bonds. The van der Waals surface area contributed by atoms with Gasteiger partial charge in [-0.2, -0.15) is 0 Å². The number of aromatic nitrogens is 2. The number of carbonyl (C=O) groups is 1. The minimum atomic E-state index is -0.854. The van der Waals surface area contributed by atoms with Crippen molar-refractivity contribution in [3.05, 3.63) is 83.5 Å². The number of rotatable bonds is 3. The highest BCUT2D eigenvalue weighted by Crippen LogP contribution is 2.25. The minimum Gasteiger partial charge on any atom is -0.493 e. The Hall–Kier alpha value is -3.46. The molecule has 1 aromatic heterocycles. The number of hydrogen-bond donors (Lipinski definition) is 3. The summed E-state index contributed by atoms with van der Waals surface area (Å²) in [5.74, 6) is -0.610. The maximum atomic E-state index is 12.4. The summed E-state index contributed by atoms with van der Waals surface area (Å²) in [7, 11) is 0. The van der Waals surface area contributed by atoms with Gasteiger partial charge in [-0.25, -0.2) is 19.1 Å². The fourth-order valence-corrected chi connectivity index (χ4v) is 3.44. The number of aromatic amines is 1. The molecule has 0 unspecified atom stereocenters. The van der Waals surface area contributed by atoms with Crippen LogP contribution in [-0.2, 0) is 0 Å². The van der Waals surface area contributed by atoms with E-state index in [1.807, 2.05) is 26.8 Å². The van der Waals surface area contributed by atoms with E-state index >= 15 is 0 Å². The van der Waals surface area contributed by atoms with E-state index in [-0.39, 0.29) is 5.56 Å². The maximum Gasteiger partial charge on any atom is 0.345 e. The smallest absolute Gasteiger partial charge is 0.345 e. The standard InChI is InChI=1S/C22H21BrN4O4/c1-11-5-6-15(7-12(11)2)25-21(30)24-10-16-19(28)26-22(31)27(20(16)29)18-9-13(3)17(23)8-14(18)4/h5-10,29H,1-4H3,(H,25,30)(H,26,28,31). The Kier molecular flexibility index (Phi) is 6.26. The number of halogens is 1. The van der Waals surface area contributed by atoms with Crippen molar-refractivity contribution in [2.45, 2.75) is 27.7 Å². The summed E-state index contributed by atoms with van der Waals surface area (Å²) >= 11 is 3.42. The van der Waals surface area contributed by atoms with Gasteiger partial charge in [0.25, 0.3) is 5.56 Å². The van der Waals surface area contributed by atoms with Crippen LogP contribution >= 0.6 is 15.9 Å². The lowest BCUT2D eigenvalue weighted by molar-refractivity contribution is 0.259. The number of aromatic hydroxyl groups is 1. The summed E-state index contributed by atoms with van der Waals surface area (Å²) in [5, 5.41) is 13.3. The van der Waals surface area contributed by atoms with Crippen molar-refractivity contribution >= 4 is 33.9 Å². The van der Waals surface area contributed by atoms with Crippen molar-refractivity contribution in [2.24, 2.45) is 4.99 Å². The molecule has 0 radical (unpaired) electrons. The van der Waals surface area contributed by atoms with Crippen molar-refractivity contribution in [3.63, 3.8) is 0 Å². The average Bonchev–Trinajstić information content (AvgIpc) is 2.68. The van der Waals surface area contributed by atoms with Gasteiger partial charge in [0.05, 0.1) is 11.9 Å². The van der Waals surface area contributed by atoms with Crippen LogP contribution in [0.15, 0.2) is 49.4 Å². The highest BCUT2D eigenvalue weighted by molar-refractivity contribution is 9.10. The number of H-pyrrole nitrogens is 1. The van der Waals surface area contributed by atoms with Crippen LogP contribution in [0.1, 0.15) is 27.8 Å². The van der Waals surface area contributed by atoms with Gasteiger partial charge < -0.3 is 10.4 Å². The zero-order valence-electron chi connectivity index (χ0n) is 17.4. The number of benzene rings is 2. The zero-order chi connectivity index (χ0) is 22.9. The Labute approximate surface area is 186 Å². The summed E-state index contributed by atoms with van der Waals surface area (Å²) in [6.45, 7) is 7.47. The topological polar surface area (TPSA) is 117 Å². The van der Waals surface area contributed by atoms with Crippen molar-refractivity contribution in [3.8, 4) is 11.6 Å². The van der Waals surface area contributed by atoms with Crippen molar-refractivity contribution in [1.29, 1.82) is 0 Å². The molecule has 3 N–H and O–H groups in total. The van der Waals surface area contributed by atoms with Crippen LogP contribution in [0.5, 0.6) is 5.88 Å². The van der Waals surface area contributed by atoms with E-state index in [2.05, 4.69) is 31.2 Å². The van der Waals surface area contributed by atoms with Gasteiger partial charge in [-0.1, -0.05) is 22.0 Å². The quantitative estimate of drug-likeness (QED) is 0.489. The molecule has 9 heteroatoms. The number of carbonyl (C=O) groups excluding carboxylic acids is 1. The molecule has 8 nitrogen and oxygen atoms in total. The highest BCUT2D eigenvalue weighted by Gasteiger charge is 2.17. The molecule has 2 aromatic carbocycles. The van der Waals surface area contributed by atoms with E-state index in [4.69, 9.17) is 0 Å². The Balaban J connectivity index is 1.99. The number of aliphatic imine (C=N–C) groups is 1. The number of aryl methyl sites for hydroxylation is 4. The van der Waals surface area contributed by atoms with Crippen LogP contribution < -0.4 is 16.6 Å². The average molecular weight is 485 g/mol. The van der Waals surface area contributed by atoms with Gasteiger partial charge in [0.15, 0.2) is 0 Å².